The van der Waals surface area contributed by atoms with Gasteiger partial charge in [0, 0.05) is 30.6 Å². The van der Waals surface area contributed by atoms with E-state index in [2.05, 4.69) is 4.90 Å². The Hall–Kier alpha value is -1.75. The van der Waals surface area contributed by atoms with E-state index in [-0.39, 0.29) is 23.9 Å². The topological polar surface area (TPSA) is 86.8 Å². The molecule has 0 bridgehead atoms. The highest BCUT2D eigenvalue weighted by atomic mass is 16.4. The van der Waals surface area contributed by atoms with Crippen LogP contribution in [-0.4, -0.2) is 35.4 Å². The van der Waals surface area contributed by atoms with Gasteiger partial charge in [-0.25, -0.2) is 4.79 Å². The van der Waals surface area contributed by atoms with Crippen LogP contribution >= 0.6 is 0 Å². The zero-order valence-electron chi connectivity index (χ0n) is 10.9. The fourth-order valence-corrected chi connectivity index (χ4v) is 2.70. The number of hydrogen-bond acceptors (Lipinski definition) is 4. The Morgan fingerprint density at radius 3 is 2.89 bits per heavy atom. The molecule has 1 atom stereocenters. The number of carboxylic acid groups (broad SMARTS) is 1. The molecule has 0 amide bonds. The van der Waals surface area contributed by atoms with Gasteiger partial charge < -0.3 is 20.8 Å². The number of nitrogens with two attached hydrogens (primary N) is 1. The van der Waals surface area contributed by atoms with Crippen LogP contribution in [0.1, 0.15) is 36.0 Å². The summed E-state index contributed by atoms with van der Waals surface area (Å²) < 4.78 is 0. The number of anilines is 2. The Morgan fingerprint density at radius 1 is 1.42 bits per heavy atom. The fraction of sp³-hybridized carbons (Fsp3) is 0.500. The maximum Gasteiger partial charge on any atom is 0.337 e. The van der Waals surface area contributed by atoms with Crippen molar-refractivity contribution in [2.24, 2.45) is 0 Å². The van der Waals surface area contributed by atoms with E-state index in [0.717, 1.165) is 31.5 Å². The van der Waals surface area contributed by atoms with Gasteiger partial charge in [-0.15, -0.1) is 0 Å². The maximum absolute atomic E-state index is 11.1. The number of nitrogens with zero attached hydrogens (tertiary/aromatic N) is 1. The number of carboxylic acids is 1. The first-order chi connectivity index (χ1) is 9.13. The summed E-state index contributed by atoms with van der Waals surface area (Å²) in [6, 6.07) is 5.41. The van der Waals surface area contributed by atoms with E-state index in [9.17, 15) is 4.79 Å². The van der Waals surface area contributed by atoms with Gasteiger partial charge in [0.15, 0.2) is 0 Å². The molecule has 2 rings (SSSR count). The molecule has 0 radical (unpaired) electrons. The Kier molecular flexibility index (Phi) is 4.27. The summed E-state index contributed by atoms with van der Waals surface area (Å²) in [5.74, 6) is -1.00. The van der Waals surface area contributed by atoms with Gasteiger partial charge >= 0.3 is 5.97 Å². The first-order valence-corrected chi connectivity index (χ1v) is 6.64. The molecule has 5 nitrogen and oxygen atoms in total. The lowest BCUT2D eigenvalue weighted by Crippen LogP contribution is -2.40. The van der Waals surface area contributed by atoms with E-state index < -0.39 is 5.97 Å². The summed E-state index contributed by atoms with van der Waals surface area (Å²) >= 11 is 0. The van der Waals surface area contributed by atoms with Crippen LogP contribution in [0.2, 0.25) is 0 Å². The van der Waals surface area contributed by atoms with E-state index in [1.165, 1.54) is 0 Å². The predicted octanol–water partition coefficient (Wildman–Crippen LogP) is 1.71. The van der Waals surface area contributed by atoms with Crippen molar-refractivity contribution in [3.8, 4) is 0 Å². The van der Waals surface area contributed by atoms with E-state index in [1.807, 2.05) is 6.07 Å². The number of carbonyl (C=O) groups is 1. The largest absolute Gasteiger partial charge is 0.478 e. The summed E-state index contributed by atoms with van der Waals surface area (Å²) in [7, 11) is 0. The molecule has 1 aromatic carbocycles. The van der Waals surface area contributed by atoms with Crippen LogP contribution in [0.15, 0.2) is 18.2 Å². The average molecular weight is 264 g/mol. The quantitative estimate of drug-likeness (QED) is 0.721. The zero-order valence-corrected chi connectivity index (χ0v) is 10.9. The average Bonchev–Trinajstić information content (AvgIpc) is 2.40. The van der Waals surface area contributed by atoms with Crippen LogP contribution in [-0.2, 0) is 0 Å². The molecule has 1 fully saturated rings. The summed E-state index contributed by atoms with van der Waals surface area (Å²) in [5, 5.41) is 18.2. The second kappa shape index (κ2) is 5.93. The normalized spacial score (nSPS) is 19.4. The molecule has 0 aliphatic carbocycles. The third kappa shape index (κ3) is 2.98. The van der Waals surface area contributed by atoms with Crippen LogP contribution < -0.4 is 10.6 Å². The van der Waals surface area contributed by atoms with Gasteiger partial charge in [0.25, 0.3) is 0 Å². The molecule has 1 saturated heterocycles. The molecule has 1 aliphatic heterocycles. The summed E-state index contributed by atoms with van der Waals surface area (Å²) in [5.41, 5.74) is 6.98. The standard InChI is InChI=1S/C14H20N2O3/c15-13-5-4-11(9-12(13)14(18)19)16-7-2-1-3-10(16)6-8-17/h4-5,9-10,17H,1-3,6-8,15H2,(H,18,19). The number of aromatic carboxylic acids is 1. The molecular formula is C14H20N2O3. The van der Waals surface area contributed by atoms with Gasteiger partial charge in [-0.2, -0.15) is 0 Å². The lowest BCUT2D eigenvalue weighted by molar-refractivity contribution is 0.0698. The van der Waals surface area contributed by atoms with Gasteiger partial charge in [-0.3, -0.25) is 0 Å². The Labute approximate surface area is 112 Å². The number of hydrogen-bond donors (Lipinski definition) is 3. The predicted molar refractivity (Wildman–Crippen MR) is 74.5 cm³/mol. The summed E-state index contributed by atoms with van der Waals surface area (Å²) in [6.07, 6.45) is 4.00. The van der Waals surface area contributed by atoms with Crippen molar-refractivity contribution in [2.75, 3.05) is 23.8 Å². The number of rotatable bonds is 4. The molecule has 0 spiro atoms. The highest BCUT2D eigenvalue weighted by Crippen LogP contribution is 2.28. The molecule has 4 N–H and O–H groups in total. The second-order valence-electron chi connectivity index (χ2n) is 4.93. The molecule has 19 heavy (non-hydrogen) atoms. The minimum absolute atomic E-state index is 0.144. The molecule has 0 saturated carbocycles. The smallest absolute Gasteiger partial charge is 0.337 e. The third-order valence-corrected chi connectivity index (χ3v) is 3.69. The number of aliphatic hydroxyl groups excluding tert-OH is 1. The molecule has 104 valence electrons. The van der Waals surface area contributed by atoms with Crippen molar-refractivity contribution < 1.29 is 15.0 Å². The van der Waals surface area contributed by atoms with Crippen molar-refractivity contribution in [1.82, 2.24) is 0 Å². The molecular weight excluding hydrogens is 244 g/mol. The molecule has 1 aromatic rings. The van der Waals surface area contributed by atoms with Gasteiger partial charge in [-0.1, -0.05) is 0 Å². The fourth-order valence-electron chi connectivity index (χ4n) is 2.70. The van der Waals surface area contributed by atoms with Gasteiger partial charge in [0.1, 0.15) is 0 Å². The molecule has 1 unspecified atom stereocenters. The molecule has 1 aliphatic rings. The van der Waals surface area contributed by atoms with E-state index in [1.54, 1.807) is 12.1 Å². The lowest BCUT2D eigenvalue weighted by atomic mass is 9.98. The van der Waals surface area contributed by atoms with Crippen LogP contribution in [0.3, 0.4) is 0 Å². The second-order valence-corrected chi connectivity index (χ2v) is 4.93. The molecule has 1 heterocycles. The van der Waals surface area contributed by atoms with Crippen LogP contribution in [0.25, 0.3) is 0 Å². The summed E-state index contributed by atoms with van der Waals surface area (Å²) in [6.45, 7) is 1.05. The van der Waals surface area contributed by atoms with Crippen LogP contribution in [0, 0.1) is 0 Å². The Morgan fingerprint density at radius 2 is 2.21 bits per heavy atom. The SMILES string of the molecule is Nc1ccc(N2CCCCC2CCO)cc1C(=O)O. The van der Waals surface area contributed by atoms with Crippen molar-refractivity contribution >= 4 is 17.3 Å². The van der Waals surface area contributed by atoms with Crippen molar-refractivity contribution in [3.63, 3.8) is 0 Å². The van der Waals surface area contributed by atoms with E-state index in [4.69, 9.17) is 15.9 Å². The van der Waals surface area contributed by atoms with E-state index >= 15 is 0 Å². The monoisotopic (exact) mass is 264 g/mol. The summed E-state index contributed by atoms with van der Waals surface area (Å²) in [4.78, 5) is 13.3. The van der Waals surface area contributed by atoms with E-state index in [0.29, 0.717) is 6.42 Å². The van der Waals surface area contributed by atoms with Crippen LogP contribution in [0.5, 0.6) is 0 Å². The number of piperidine rings is 1. The third-order valence-electron chi connectivity index (χ3n) is 3.69. The zero-order chi connectivity index (χ0) is 13.8. The van der Waals surface area contributed by atoms with Gasteiger partial charge in [-0.05, 0) is 43.9 Å². The van der Waals surface area contributed by atoms with Crippen molar-refractivity contribution in [2.45, 2.75) is 31.7 Å². The van der Waals surface area contributed by atoms with Crippen LogP contribution in [0.4, 0.5) is 11.4 Å². The lowest BCUT2D eigenvalue weighted by Gasteiger charge is -2.37. The first kappa shape index (κ1) is 13.7. The Balaban J connectivity index is 2.28. The Bertz CT molecular complexity index is 460. The minimum Gasteiger partial charge on any atom is -0.478 e. The highest BCUT2D eigenvalue weighted by Gasteiger charge is 2.23. The van der Waals surface area contributed by atoms with Gasteiger partial charge in [0.05, 0.1) is 5.56 Å². The minimum atomic E-state index is -1.00. The van der Waals surface area contributed by atoms with Gasteiger partial charge in [0.2, 0.25) is 0 Å². The molecule has 5 heteroatoms. The molecule has 0 aromatic heterocycles. The van der Waals surface area contributed by atoms with Crippen molar-refractivity contribution in [1.29, 1.82) is 0 Å². The maximum atomic E-state index is 11.1. The number of aliphatic hydroxyl groups is 1. The number of nitrogen functional groups attached to an aromatic ring is 1. The van der Waals surface area contributed by atoms with Crippen molar-refractivity contribution in [3.05, 3.63) is 23.8 Å². The number of benzene rings is 1. The highest BCUT2D eigenvalue weighted by molar-refractivity contribution is 5.94. The first-order valence-electron chi connectivity index (χ1n) is 6.64.